The van der Waals surface area contributed by atoms with E-state index in [0.717, 1.165) is 0 Å². The maximum Gasteiger partial charge on any atom is 0.160 e. The highest BCUT2D eigenvalue weighted by Gasteiger charge is 2.36. The number of hydrogen-bond acceptors (Lipinski definition) is 5. The molecule has 1 aliphatic heterocycles. The molecule has 1 fully saturated rings. The fraction of sp³-hybridized carbons (Fsp3) is 1.00. The van der Waals surface area contributed by atoms with Gasteiger partial charge in [-0.25, -0.2) is 0 Å². The Morgan fingerprint density at radius 2 is 1.93 bits per heavy atom. The SMILES string of the molecule is CC.CO[C@@H]1C[C@@H](O)[C@H](O)C(CO)O1. The molecule has 0 bridgehead atoms. The Morgan fingerprint density at radius 3 is 2.36 bits per heavy atom. The number of aliphatic hydroxyl groups is 3. The zero-order chi connectivity index (χ0) is 11.1. The first kappa shape index (κ1) is 13.8. The standard InChI is InChI=1S/C7H14O5.C2H6/c1-11-6-2-4(9)7(10)5(3-8)12-6;1-2/h4-10H,2-3H2,1H3;1-2H3/t4-,5?,6+,7+;/m1./s1. The van der Waals surface area contributed by atoms with E-state index < -0.39 is 24.6 Å². The van der Waals surface area contributed by atoms with Crippen LogP contribution in [0.15, 0.2) is 0 Å². The lowest BCUT2D eigenvalue weighted by Crippen LogP contribution is -2.50. The molecule has 0 aromatic heterocycles. The number of methoxy groups -OCH3 is 1. The third-order valence-corrected chi connectivity index (χ3v) is 1.98. The van der Waals surface area contributed by atoms with Crippen LogP contribution in [-0.4, -0.2) is 53.6 Å². The Kier molecular flexibility index (Phi) is 7.04. The van der Waals surface area contributed by atoms with Gasteiger partial charge in [0.2, 0.25) is 0 Å². The quantitative estimate of drug-likeness (QED) is 0.569. The Morgan fingerprint density at radius 1 is 1.36 bits per heavy atom. The van der Waals surface area contributed by atoms with Crippen LogP contribution in [-0.2, 0) is 9.47 Å². The zero-order valence-corrected chi connectivity index (χ0v) is 8.88. The van der Waals surface area contributed by atoms with E-state index in [9.17, 15) is 10.2 Å². The normalized spacial score (nSPS) is 37.3. The molecule has 0 radical (unpaired) electrons. The van der Waals surface area contributed by atoms with Gasteiger partial charge in [-0.1, -0.05) is 13.8 Å². The van der Waals surface area contributed by atoms with Crippen molar-refractivity contribution in [3.8, 4) is 0 Å². The van der Waals surface area contributed by atoms with Gasteiger partial charge in [-0.2, -0.15) is 0 Å². The summed E-state index contributed by atoms with van der Waals surface area (Å²) < 4.78 is 9.92. The molecule has 4 atom stereocenters. The van der Waals surface area contributed by atoms with Crippen molar-refractivity contribution in [2.45, 2.75) is 44.9 Å². The van der Waals surface area contributed by atoms with Gasteiger partial charge in [0.05, 0.1) is 12.7 Å². The summed E-state index contributed by atoms with van der Waals surface area (Å²) in [5.74, 6) is 0. The van der Waals surface area contributed by atoms with Gasteiger partial charge in [0.15, 0.2) is 6.29 Å². The van der Waals surface area contributed by atoms with Crippen molar-refractivity contribution in [3.05, 3.63) is 0 Å². The average molecular weight is 208 g/mol. The van der Waals surface area contributed by atoms with Crippen molar-refractivity contribution in [1.82, 2.24) is 0 Å². The zero-order valence-electron chi connectivity index (χ0n) is 8.88. The highest BCUT2D eigenvalue weighted by molar-refractivity contribution is 4.81. The highest BCUT2D eigenvalue weighted by Crippen LogP contribution is 2.20. The van der Waals surface area contributed by atoms with Gasteiger partial charge in [-0.15, -0.1) is 0 Å². The predicted molar refractivity (Wildman–Crippen MR) is 50.7 cm³/mol. The second kappa shape index (κ2) is 7.14. The third-order valence-electron chi connectivity index (χ3n) is 1.98. The molecular weight excluding hydrogens is 188 g/mol. The van der Waals surface area contributed by atoms with Gasteiger partial charge in [0, 0.05) is 13.5 Å². The van der Waals surface area contributed by atoms with Crippen molar-refractivity contribution in [3.63, 3.8) is 0 Å². The van der Waals surface area contributed by atoms with Crippen LogP contribution in [0.4, 0.5) is 0 Å². The van der Waals surface area contributed by atoms with Gasteiger partial charge < -0.3 is 24.8 Å². The molecule has 1 aliphatic rings. The first-order valence-electron chi connectivity index (χ1n) is 4.84. The minimum atomic E-state index is -1.03. The number of hydrogen-bond donors (Lipinski definition) is 3. The van der Waals surface area contributed by atoms with Crippen LogP contribution in [0.1, 0.15) is 20.3 Å². The first-order valence-corrected chi connectivity index (χ1v) is 4.84. The summed E-state index contributed by atoms with van der Waals surface area (Å²) in [6.45, 7) is 3.68. The van der Waals surface area contributed by atoms with Crippen molar-refractivity contribution < 1.29 is 24.8 Å². The van der Waals surface area contributed by atoms with E-state index in [0.29, 0.717) is 0 Å². The molecule has 0 saturated carbocycles. The van der Waals surface area contributed by atoms with E-state index in [2.05, 4.69) is 0 Å². The summed E-state index contributed by atoms with van der Waals surface area (Å²) in [6, 6.07) is 0. The number of aliphatic hydroxyl groups excluding tert-OH is 3. The average Bonchev–Trinajstić information content (AvgIpc) is 2.24. The van der Waals surface area contributed by atoms with Crippen LogP contribution >= 0.6 is 0 Å². The van der Waals surface area contributed by atoms with E-state index in [-0.39, 0.29) is 13.0 Å². The van der Waals surface area contributed by atoms with Gasteiger partial charge in [-0.3, -0.25) is 0 Å². The lowest BCUT2D eigenvalue weighted by molar-refractivity contribution is -0.248. The first-order chi connectivity index (χ1) is 6.69. The van der Waals surface area contributed by atoms with Gasteiger partial charge in [0.25, 0.3) is 0 Å². The maximum absolute atomic E-state index is 9.26. The summed E-state index contributed by atoms with van der Waals surface area (Å²) >= 11 is 0. The molecule has 1 unspecified atom stereocenters. The predicted octanol–water partition coefficient (Wildman–Crippen LogP) is -0.512. The molecule has 14 heavy (non-hydrogen) atoms. The van der Waals surface area contributed by atoms with Gasteiger partial charge in [-0.05, 0) is 0 Å². The Hall–Kier alpha value is -0.200. The molecule has 1 rings (SSSR count). The second-order valence-corrected chi connectivity index (χ2v) is 2.82. The molecule has 1 heterocycles. The monoisotopic (exact) mass is 208 g/mol. The van der Waals surface area contributed by atoms with Crippen LogP contribution in [0.2, 0.25) is 0 Å². The largest absolute Gasteiger partial charge is 0.394 e. The number of rotatable bonds is 2. The molecule has 0 amide bonds. The molecule has 0 aromatic carbocycles. The van der Waals surface area contributed by atoms with E-state index in [1.165, 1.54) is 7.11 Å². The van der Waals surface area contributed by atoms with Crippen LogP contribution in [0.5, 0.6) is 0 Å². The molecule has 1 saturated heterocycles. The van der Waals surface area contributed by atoms with E-state index in [1.807, 2.05) is 13.8 Å². The van der Waals surface area contributed by atoms with Gasteiger partial charge >= 0.3 is 0 Å². The molecule has 0 spiro atoms. The van der Waals surface area contributed by atoms with Crippen LogP contribution in [0, 0.1) is 0 Å². The summed E-state index contributed by atoms with van der Waals surface area (Å²) in [6.07, 6.45) is -2.98. The van der Waals surface area contributed by atoms with Crippen LogP contribution < -0.4 is 0 Å². The fourth-order valence-corrected chi connectivity index (χ4v) is 1.22. The summed E-state index contributed by atoms with van der Waals surface area (Å²) in [5, 5.41) is 27.3. The van der Waals surface area contributed by atoms with Crippen molar-refractivity contribution in [1.29, 1.82) is 0 Å². The minimum absolute atomic E-state index is 0.230. The number of ether oxygens (including phenoxy) is 2. The Balaban J connectivity index is 0.000000791. The Bertz CT molecular complexity index is 141. The highest BCUT2D eigenvalue weighted by atomic mass is 16.7. The molecule has 5 nitrogen and oxygen atoms in total. The minimum Gasteiger partial charge on any atom is -0.394 e. The Labute approximate surface area is 84.3 Å². The third kappa shape index (κ3) is 3.51. The van der Waals surface area contributed by atoms with Crippen molar-refractivity contribution >= 4 is 0 Å². The summed E-state index contributed by atoms with van der Waals surface area (Å²) in [4.78, 5) is 0. The molecule has 0 aromatic rings. The molecule has 0 aliphatic carbocycles. The van der Waals surface area contributed by atoms with Crippen molar-refractivity contribution in [2.24, 2.45) is 0 Å². The summed E-state index contributed by atoms with van der Waals surface area (Å²) in [5.41, 5.74) is 0. The molecule has 3 N–H and O–H groups in total. The molecule has 86 valence electrons. The van der Waals surface area contributed by atoms with E-state index >= 15 is 0 Å². The maximum atomic E-state index is 9.26. The second-order valence-electron chi connectivity index (χ2n) is 2.82. The van der Waals surface area contributed by atoms with Crippen LogP contribution in [0.25, 0.3) is 0 Å². The van der Waals surface area contributed by atoms with Crippen molar-refractivity contribution in [2.75, 3.05) is 13.7 Å². The lowest BCUT2D eigenvalue weighted by atomic mass is 10.0. The molecule has 5 heteroatoms. The van der Waals surface area contributed by atoms with Crippen LogP contribution in [0.3, 0.4) is 0 Å². The van der Waals surface area contributed by atoms with Gasteiger partial charge in [0.1, 0.15) is 12.2 Å². The van der Waals surface area contributed by atoms with E-state index in [4.69, 9.17) is 14.6 Å². The summed E-state index contributed by atoms with van der Waals surface area (Å²) in [7, 11) is 1.45. The van der Waals surface area contributed by atoms with E-state index in [1.54, 1.807) is 0 Å². The fourth-order valence-electron chi connectivity index (χ4n) is 1.22. The lowest BCUT2D eigenvalue weighted by Gasteiger charge is -2.35. The topological polar surface area (TPSA) is 79.2 Å². The molecular formula is C9H20O5. The smallest absolute Gasteiger partial charge is 0.160 e.